The highest BCUT2D eigenvalue weighted by molar-refractivity contribution is 7.17. The van der Waals surface area contributed by atoms with Crippen LogP contribution in [0, 0.1) is 5.82 Å². The molecule has 0 bridgehead atoms. The van der Waals surface area contributed by atoms with Crippen LogP contribution in [0.2, 0.25) is 0 Å². The van der Waals surface area contributed by atoms with Gasteiger partial charge >= 0.3 is 0 Å². The zero-order chi connectivity index (χ0) is 19.5. The number of thiophene rings is 1. The molecule has 1 N–H and O–H groups in total. The van der Waals surface area contributed by atoms with Gasteiger partial charge in [0.1, 0.15) is 29.0 Å². The minimum absolute atomic E-state index is 0.246. The number of halogens is 1. The van der Waals surface area contributed by atoms with Gasteiger partial charge in [-0.15, -0.1) is 11.3 Å². The number of anilines is 1. The van der Waals surface area contributed by atoms with Crippen molar-refractivity contribution in [3.8, 4) is 21.9 Å². The Labute approximate surface area is 164 Å². The molecule has 0 saturated carbocycles. The molecule has 1 amide bonds. The van der Waals surface area contributed by atoms with Gasteiger partial charge in [0.05, 0.1) is 7.11 Å². The van der Waals surface area contributed by atoms with Crippen molar-refractivity contribution in [2.45, 2.75) is 0 Å². The first-order valence-corrected chi connectivity index (χ1v) is 9.16. The second-order valence-electron chi connectivity index (χ2n) is 5.83. The van der Waals surface area contributed by atoms with Crippen LogP contribution in [0.1, 0.15) is 9.67 Å². The van der Waals surface area contributed by atoms with E-state index in [0.29, 0.717) is 16.3 Å². The van der Waals surface area contributed by atoms with Crippen molar-refractivity contribution in [3.63, 3.8) is 0 Å². The molecule has 2 heterocycles. The molecule has 0 aliphatic rings. The number of amides is 1. The first kappa shape index (κ1) is 17.9. The summed E-state index contributed by atoms with van der Waals surface area (Å²) < 4.78 is 21.0. The molecule has 0 unspecified atom stereocenters. The molecule has 0 aliphatic carbocycles. The number of carbonyl (C=O) groups is 1. The van der Waals surface area contributed by atoms with Crippen LogP contribution in [0.15, 0.2) is 67.3 Å². The van der Waals surface area contributed by atoms with Crippen LogP contribution in [0.25, 0.3) is 16.1 Å². The summed E-state index contributed by atoms with van der Waals surface area (Å²) in [4.78, 5) is 17.9. The van der Waals surface area contributed by atoms with Crippen molar-refractivity contribution in [1.82, 2.24) is 14.8 Å². The molecule has 6 nitrogen and oxygen atoms in total. The van der Waals surface area contributed by atoms with Gasteiger partial charge in [0.2, 0.25) is 0 Å². The molecule has 140 valence electrons. The van der Waals surface area contributed by atoms with E-state index in [1.165, 1.54) is 47.9 Å². The first-order valence-electron chi connectivity index (χ1n) is 8.35. The predicted octanol–water partition coefficient (Wildman–Crippen LogP) is 4.40. The van der Waals surface area contributed by atoms with Crippen molar-refractivity contribution in [2.75, 3.05) is 12.4 Å². The third-order valence-corrected chi connectivity index (χ3v) is 5.22. The number of methoxy groups -OCH3 is 1. The molecular formula is C20H15FN4O2S. The highest BCUT2D eigenvalue weighted by Gasteiger charge is 2.19. The fourth-order valence-electron chi connectivity index (χ4n) is 2.72. The van der Waals surface area contributed by atoms with E-state index < -0.39 is 5.82 Å². The van der Waals surface area contributed by atoms with E-state index >= 15 is 0 Å². The molecule has 0 atom stereocenters. The number of hydrogen-bond acceptors (Lipinski definition) is 5. The topological polar surface area (TPSA) is 69.0 Å². The Morgan fingerprint density at radius 3 is 2.68 bits per heavy atom. The van der Waals surface area contributed by atoms with Crippen LogP contribution in [-0.4, -0.2) is 27.8 Å². The molecule has 2 aromatic heterocycles. The van der Waals surface area contributed by atoms with Crippen LogP contribution < -0.4 is 10.1 Å². The van der Waals surface area contributed by atoms with Gasteiger partial charge in [-0.3, -0.25) is 4.79 Å². The lowest BCUT2D eigenvalue weighted by atomic mass is 10.2. The van der Waals surface area contributed by atoms with Gasteiger partial charge in [0.25, 0.3) is 5.91 Å². The molecule has 8 heteroatoms. The van der Waals surface area contributed by atoms with Crippen molar-refractivity contribution >= 4 is 22.9 Å². The summed E-state index contributed by atoms with van der Waals surface area (Å²) >= 11 is 1.32. The lowest BCUT2D eigenvalue weighted by Crippen LogP contribution is -2.11. The minimum atomic E-state index is -0.522. The second kappa shape index (κ2) is 7.61. The summed E-state index contributed by atoms with van der Waals surface area (Å²) in [7, 11) is 1.51. The maximum absolute atomic E-state index is 14.4. The maximum Gasteiger partial charge on any atom is 0.269 e. The molecule has 2 aromatic carbocycles. The van der Waals surface area contributed by atoms with Gasteiger partial charge in [-0.25, -0.2) is 14.1 Å². The third kappa shape index (κ3) is 3.49. The van der Waals surface area contributed by atoms with E-state index in [2.05, 4.69) is 15.4 Å². The van der Waals surface area contributed by atoms with Crippen molar-refractivity contribution in [2.24, 2.45) is 0 Å². The Kier molecular flexibility index (Phi) is 4.86. The van der Waals surface area contributed by atoms with Crippen LogP contribution in [0.5, 0.6) is 5.75 Å². The molecule has 0 spiro atoms. The number of hydrogen-bond donors (Lipinski definition) is 1. The maximum atomic E-state index is 14.4. The Hall–Kier alpha value is -3.52. The van der Waals surface area contributed by atoms with Gasteiger partial charge in [0, 0.05) is 10.6 Å². The average molecular weight is 394 g/mol. The van der Waals surface area contributed by atoms with Gasteiger partial charge < -0.3 is 10.1 Å². The summed E-state index contributed by atoms with van der Waals surface area (Å²) in [5.74, 6) is -0.413. The zero-order valence-corrected chi connectivity index (χ0v) is 15.6. The number of aromatic nitrogens is 3. The van der Waals surface area contributed by atoms with Gasteiger partial charge in [-0.2, -0.15) is 5.10 Å². The first-order chi connectivity index (χ1) is 13.7. The fraction of sp³-hybridized carbons (Fsp3) is 0.0500. The SMILES string of the molecule is COc1cc(-c2ccccc2)sc1C(=O)Nc1ccc(-n2cncn2)c(F)c1. The van der Waals surface area contributed by atoms with Gasteiger partial charge in [0.15, 0.2) is 5.82 Å². The predicted molar refractivity (Wildman–Crippen MR) is 106 cm³/mol. The summed E-state index contributed by atoms with van der Waals surface area (Å²) in [6.07, 6.45) is 2.72. The van der Waals surface area contributed by atoms with Crippen LogP contribution in [0.3, 0.4) is 0 Å². The molecule has 0 fully saturated rings. The van der Waals surface area contributed by atoms with E-state index in [0.717, 1.165) is 10.4 Å². The smallest absolute Gasteiger partial charge is 0.269 e. The van der Waals surface area contributed by atoms with Crippen LogP contribution >= 0.6 is 11.3 Å². The van der Waals surface area contributed by atoms with Crippen molar-refractivity contribution < 1.29 is 13.9 Å². The molecular weight excluding hydrogens is 379 g/mol. The monoisotopic (exact) mass is 394 g/mol. The Morgan fingerprint density at radius 1 is 1.18 bits per heavy atom. The molecule has 4 rings (SSSR count). The van der Waals surface area contributed by atoms with Crippen LogP contribution in [-0.2, 0) is 0 Å². The van der Waals surface area contributed by atoms with Crippen molar-refractivity contribution in [3.05, 3.63) is 77.9 Å². The van der Waals surface area contributed by atoms with E-state index in [4.69, 9.17) is 4.74 Å². The number of ether oxygens (including phenoxy) is 1. The van der Waals surface area contributed by atoms with E-state index in [-0.39, 0.29) is 11.6 Å². The normalized spacial score (nSPS) is 10.6. The van der Waals surface area contributed by atoms with E-state index in [1.54, 1.807) is 6.07 Å². The Balaban J connectivity index is 1.59. The largest absolute Gasteiger partial charge is 0.495 e. The number of rotatable bonds is 5. The molecule has 4 aromatic rings. The minimum Gasteiger partial charge on any atom is -0.495 e. The number of nitrogens with zero attached hydrogens (tertiary/aromatic N) is 3. The third-order valence-electron chi connectivity index (χ3n) is 4.05. The lowest BCUT2D eigenvalue weighted by molar-refractivity contribution is 0.102. The Bertz CT molecular complexity index is 1110. The summed E-state index contributed by atoms with van der Waals surface area (Å²) in [5, 5.41) is 6.62. The van der Waals surface area contributed by atoms with E-state index in [1.807, 2.05) is 36.4 Å². The zero-order valence-electron chi connectivity index (χ0n) is 14.8. The molecule has 0 saturated heterocycles. The number of nitrogens with one attached hydrogen (secondary N) is 1. The number of benzene rings is 2. The highest BCUT2D eigenvalue weighted by Crippen LogP contribution is 2.36. The number of carbonyl (C=O) groups excluding carboxylic acids is 1. The lowest BCUT2D eigenvalue weighted by Gasteiger charge is -2.08. The quantitative estimate of drug-likeness (QED) is 0.545. The second-order valence-corrected chi connectivity index (χ2v) is 6.89. The van der Waals surface area contributed by atoms with Crippen LogP contribution in [0.4, 0.5) is 10.1 Å². The standard InChI is InChI=1S/C20H15FN4O2S/c1-27-17-10-18(13-5-3-2-4-6-13)28-19(17)20(26)24-14-7-8-16(15(21)9-14)25-12-22-11-23-25/h2-12H,1H3,(H,24,26). The molecule has 0 aliphatic heterocycles. The average Bonchev–Trinajstić information content (AvgIpc) is 3.39. The Morgan fingerprint density at radius 2 is 2.00 bits per heavy atom. The van der Waals surface area contributed by atoms with E-state index in [9.17, 15) is 9.18 Å². The summed E-state index contributed by atoms with van der Waals surface area (Å²) in [6, 6.07) is 15.9. The molecule has 0 radical (unpaired) electrons. The van der Waals surface area contributed by atoms with Crippen molar-refractivity contribution in [1.29, 1.82) is 0 Å². The summed E-state index contributed by atoms with van der Waals surface area (Å²) in [6.45, 7) is 0. The molecule has 28 heavy (non-hydrogen) atoms. The highest BCUT2D eigenvalue weighted by atomic mass is 32.1. The fourth-order valence-corrected chi connectivity index (χ4v) is 3.75. The van der Waals surface area contributed by atoms with Gasteiger partial charge in [-0.1, -0.05) is 30.3 Å². The van der Waals surface area contributed by atoms with Gasteiger partial charge in [-0.05, 0) is 29.8 Å². The summed E-state index contributed by atoms with van der Waals surface area (Å²) in [5.41, 5.74) is 1.58.